The van der Waals surface area contributed by atoms with E-state index in [9.17, 15) is 18.4 Å². The number of alkyl halides is 2. The molecule has 0 fully saturated rings. The third-order valence-electron chi connectivity index (χ3n) is 2.66. The van der Waals surface area contributed by atoms with Crippen molar-refractivity contribution in [1.82, 2.24) is 0 Å². The molecule has 5 nitrogen and oxygen atoms in total. The minimum Gasteiger partial charge on any atom is -0.487 e. The number of aryl methyl sites for hydroxylation is 1. The number of hydrogen-bond acceptors (Lipinski definition) is 4. The van der Waals surface area contributed by atoms with Crippen LogP contribution in [0.1, 0.15) is 43.1 Å². The van der Waals surface area contributed by atoms with E-state index in [0.29, 0.717) is 5.56 Å². The Bertz CT molecular complexity index is 564. The predicted molar refractivity (Wildman–Crippen MR) is 79.1 cm³/mol. The molecular weight excluding hydrogens is 310 g/mol. The zero-order valence-corrected chi connectivity index (χ0v) is 13.3. The van der Waals surface area contributed by atoms with Crippen molar-refractivity contribution in [2.75, 3.05) is 6.61 Å². The average molecular weight is 330 g/mol. The molecule has 0 radical (unpaired) electrons. The van der Waals surface area contributed by atoms with Gasteiger partial charge in [-0.3, -0.25) is 4.79 Å². The largest absolute Gasteiger partial charge is 0.487 e. The lowest BCUT2D eigenvalue weighted by Gasteiger charge is -2.21. The maximum absolute atomic E-state index is 12.3. The maximum Gasteiger partial charge on any atom is 0.342 e. The Kier molecular flexibility index (Phi) is 6.48. The minimum absolute atomic E-state index is 0.00321. The third kappa shape index (κ3) is 7.08. The Balaban J connectivity index is 3.04. The van der Waals surface area contributed by atoms with Crippen molar-refractivity contribution in [3.63, 3.8) is 0 Å². The Labute approximate surface area is 133 Å². The van der Waals surface area contributed by atoms with Crippen LogP contribution in [-0.4, -0.2) is 35.7 Å². The summed E-state index contributed by atoms with van der Waals surface area (Å²) in [5, 5.41) is 8.71. The van der Waals surface area contributed by atoms with Gasteiger partial charge in [0, 0.05) is 6.42 Å². The van der Waals surface area contributed by atoms with E-state index in [4.69, 9.17) is 14.6 Å². The van der Waals surface area contributed by atoms with Gasteiger partial charge in [-0.15, -0.1) is 0 Å². The van der Waals surface area contributed by atoms with Crippen LogP contribution in [0.4, 0.5) is 8.78 Å². The first kappa shape index (κ1) is 18.9. The molecule has 0 aliphatic heterocycles. The summed E-state index contributed by atoms with van der Waals surface area (Å²) in [6.07, 6.45) is -2.57. The van der Waals surface area contributed by atoms with Crippen LogP contribution in [0.25, 0.3) is 0 Å². The van der Waals surface area contributed by atoms with Crippen LogP contribution < -0.4 is 4.74 Å². The number of esters is 1. The van der Waals surface area contributed by atoms with Gasteiger partial charge >= 0.3 is 11.9 Å². The predicted octanol–water partition coefficient (Wildman–Crippen LogP) is 3.30. The van der Waals surface area contributed by atoms with Gasteiger partial charge in [-0.25, -0.2) is 13.6 Å². The molecule has 0 saturated carbocycles. The van der Waals surface area contributed by atoms with Gasteiger partial charge in [0.25, 0.3) is 6.43 Å². The maximum atomic E-state index is 12.3. The van der Waals surface area contributed by atoms with Crippen molar-refractivity contribution in [1.29, 1.82) is 0 Å². The first-order valence-electron chi connectivity index (χ1n) is 7.07. The molecule has 0 aliphatic carbocycles. The van der Waals surface area contributed by atoms with E-state index >= 15 is 0 Å². The van der Waals surface area contributed by atoms with Gasteiger partial charge in [0.1, 0.15) is 23.5 Å². The van der Waals surface area contributed by atoms with E-state index in [2.05, 4.69) is 0 Å². The molecule has 7 heteroatoms. The summed E-state index contributed by atoms with van der Waals surface area (Å²) >= 11 is 0. The number of aliphatic carboxylic acids is 1. The fraction of sp³-hybridized carbons (Fsp3) is 0.500. The molecule has 1 rings (SSSR count). The highest BCUT2D eigenvalue weighted by molar-refractivity contribution is 5.93. The van der Waals surface area contributed by atoms with Gasteiger partial charge in [-0.1, -0.05) is 6.07 Å². The summed E-state index contributed by atoms with van der Waals surface area (Å²) in [5.41, 5.74) is -0.171. The van der Waals surface area contributed by atoms with Crippen LogP contribution in [0.15, 0.2) is 18.2 Å². The number of carbonyl (C=O) groups is 2. The zero-order chi connectivity index (χ0) is 17.6. The monoisotopic (exact) mass is 330 g/mol. The molecule has 128 valence electrons. The molecule has 0 amide bonds. The van der Waals surface area contributed by atoms with Gasteiger partial charge in [0.05, 0.1) is 0 Å². The molecule has 0 aliphatic rings. The summed E-state index contributed by atoms with van der Waals surface area (Å²) in [6, 6.07) is 4.33. The normalized spacial score (nSPS) is 11.4. The van der Waals surface area contributed by atoms with Gasteiger partial charge < -0.3 is 14.6 Å². The van der Waals surface area contributed by atoms with E-state index < -0.39 is 30.6 Å². The quantitative estimate of drug-likeness (QED) is 0.777. The molecule has 0 atom stereocenters. The lowest BCUT2D eigenvalue weighted by atomic mass is 10.0. The van der Waals surface area contributed by atoms with E-state index in [1.807, 2.05) is 0 Å². The van der Waals surface area contributed by atoms with E-state index in [1.54, 1.807) is 20.8 Å². The number of halogens is 2. The fourth-order valence-corrected chi connectivity index (χ4v) is 1.76. The third-order valence-corrected chi connectivity index (χ3v) is 2.66. The first-order valence-corrected chi connectivity index (χ1v) is 7.07. The number of ether oxygens (including phenoxy) is 2. The second-order valence-electron chi connectivity index (χ2n) is 5.93. The number of carbonyl (C=O) groups excluding carboxylic acids is 1. The highest BCUT2D eigenvalue weighted by atomic mass is 19.3. The Morgan fingerprint density at radius 3 is 2.43 bits per heavy atom. The molecule has 0 saturated heterocycles. The van der Waals surface area contributed by atoms with Crippen LogP contribution >= 0.6 is 0 Å². The van der Waals surface area contributed by atoms with Crippen molar-refractivity contribution in [2.24, 2.45) is 0 Å². The Hall–Kier alpha value is -2.18. The number of carboxylic acid groups (broad SMARTS) is 1. The Morgan fingerprint density at radius 1 is 1.26 bits per heavy atom. The summed E-state index contributed by atoms with van der Waals surface area (Å²) in [4.78, 5) is 22.8. The summed E-state index contributed by atoms with van der Waals surface area (Å²) < 4.78 is 34.8. The van der Waals surface area contributed by atoms with Crippen molar-refractivity contribution in [3.8, 4) is 5.75 Å². The van der Waals surface area contributed by atoms with Gasteiger partial charge in [-0.05, 0) is 44.9 Å². The van der Waals surface area contributed by atoms with Gasteiger partial charge in [0.2, 0.25) is 0 Å². The number of benzene rings is 1. The molecule has 0 spiro atoms. The lowest BCUT2D eigenvalue weighted by molar-refractivity contribution is -0.136. The summed E-state index contributed by atoms with van der Waals surface area (Å²) in [5.74, 6) is -1.69. The van der Waals surface area contributed by atoms with Crippen molar-refractivity contribution in [3.05, 3.63) is 29.3 Å². The van der Waals surface area contributed by atoms with Crippen molar-refractivity contribution >= 4 is 11.9 Å². The highest BCUT2D eigenvalue weighted by Gasteiger charge is 2.22. The zero-order valence-electron chi connectivity index (χ0n) is 13.3. The standard InChI is InChI=1S/C16H20F2O5/c1-16(2,3)23-15(21)11-8-10(5-7-14(19)20)4-6-12(11)22-9-13(17)18/h4,6,8,13H,5,7,9H2,1-3H3,(H,19,20). The van der Waals surface area contributed by atoms with E-state index in [1.165, 1.54) is 18.2 Å². The lowest BCUT2D eigenvalue weighted by Crippen LogP contribution is -2.24. The van der Waals surface area contributed by atoms with E-state index in [0.717, 1.165) is 0 Å². The van der Waals surface area contributed by atoms with Crippen molar-refractivity contribution < 1.29 is 33.0 Å². The molecule has 0 bridgehead atoms. The molecule has 0 aromatic heterocycles. The summed E-state index contributed by atoms with van der Waals surface area (Å²) in [7, 11) is 0. The topological polar surface area (TPSA) is 72.8 Å². The molecule has 0 heterocycles. The van der Waals surface area contributed by atoms with Gasteiger partial charge in [0.15, 0.2) is 0 Å². The van der Waals surface area contributed by atoms with Crippen LogP contribution in [0, 0.1) is 0 Å². The second-order valence-corrected chi connectivity index (χ2v) is 5.93. The number of hydrogen-bond donors (Lipinski definition) is 1. The number of carboxylic acids is 1. The highest BCUT2D eigenvalue weighted by Crippen LogP contribution is 2.24. The smallest absolute Gasteiger partial charge is 0.342 e. The van der Waals surface area contributed by atoms with Crippen molar-refractivity contribution in [2.45, 2.75) is 45.6 Å². The summed E-state index contributed by atoms with van der Waals surface area (Å²) in [6.45, 7) is 4.20. The van der Waals surface area contributed by atoms with Crippen LogP contribution in [0.3, 0.4) is 0 Å². The van der Waals surface area contributed by atoms with Crippen LogP contribution in [0.5, 0.6) is 5.75 Å². The molecule has 1 aromatic rings. The second kappa shape index (κ2) is 7.89. The Morgan fingerprint density at radius 2 is 1.91 bits per heavy atom. The van der Waals surface area contributed by atoms with Gasteiger partial charge in [-0.2, -0.15) is 0 Å². The molecule has 1 N–H and O–H groups in total. The molecule has 23 heavy (non-hydrogen) atoms. The first-order chi connectivity index (χ1) is 10.6. The molecule has 1 aromatic carbocycles. The van der Waals surface area contributed by atoms with Crippen LogP contribution in [-0.2, 0) is 16.0 Å². The minimum atomic E-state index is -2.67. The van der Waals surface area contributed by atoms with E-state index in [-0.39, 0.29) is 24.2 Å². The molecular formula is C16H20F2O5. The molecule has 0 unspecified atom stereocenters. The average Bonchev–Trinajstić information content (AvgIpc) is 2.41. The SMILES string of the molecule is CC(C)(C)OC(=O)c1cc(CCC(=O)O)ccc1OCC(F)F. The number of rotatable bonds is 7. The fourth-order valence-electron chi connectivity index (χ4n) is 1.76. The van der Waals surface area contributed by atoms with Crippen LogP contribution in [0.2, 0.25) is 0 Å².